The molecule has 17 nitrogen and oxygen atoms in total. The summed E-state index contributed by atoms with van der Waals surface area (Å²) in [7, 11) is -9.96. The molecule has 0 radical (unpaired) electrons. The molecule has 0 aromatic heterocycles. The Balaban J connectivity index is 5.33. The van der Waals surface area contributed by atoms with Crippen molar-refractivity contribution < 1.29 is 80.2 Å². The Hall–Kier alpha value is -4.02. The van der Waals surface area contributed by atoms with E-state index >= 15 is 0 Å². The van der Waals surface area contributed by atoms with Crippen molar-refractivity contribution in [3.05, 3.63) is 97.2 Å². The Kier molecular flexibility index (Phi) is 68.4. The first-order chi connectivity index (χ1) is 47.7. The molecule has 5 unspecified atom stereocenters. The van der Waals surface area contributed by atoms with E-state index in [0.29, 0.717) is 25.7 Å². The van der Waals surface area contributed by atoms with Crippen LogP contribution in [0.3, 0.4) is 0 Å². The third kappa shape index (κ3) is 70.4. The third-order valence-electron chi connectivity index (χ3n) is 16.0. The van der Waals surface area contributed by atoms with Crippen LogP contribution in [0.2, 0.25) is 0 Å². The summed E-state index contributed by atoms with van der Waals surface area (Å²) in [5.74, 6) is -2.23. The second kappa shape index (κ2) is 71.4. The second-order valence-corrected chi connectivity index (χ2v) is 28.5. The maximum absolute atomic E-state index is 13.1. The number of hydrogen-bond acceptors (Lipinski definition) is 15. The first-order valence-corrected chi connectivity index (χ1v) is 41.5. The van der Waals surface area contributed by atoms with Crippen LogP contribution in [0.15, 0.2) is 97.2 Å². The van der Waals surface area contributed by atoms with Crippen LogP contribution < -0.4 is 0 Å². The number of allylic oxidation sites excluding steroid dienone is 16. The van der Waals surface area contributed by atoms with Gasteiger partial charge in [0.2, 0.25) is 0 Å². The summed E-state index contributed by atoms with van der Waals surface area (Å²) in [6.45, 7) is 4.66. The van der Waals surface area contributed by atoms with Gasteiger partial charge < -0.3 is 33.8 Å². The normalized spacial score (nSPS) is 14.5. The summed E-state index contributed by atoms with van der Waals surface area (Å²) in [4.78, 5) is 72.8. The van der Waals surface area contributed by atoms with E-state index in [9.17, 15) is 43.2 Å². The van der Waals surface area contributed by atoms with Crippen LogP contribution in [0, 0.1) is 0 Å². The van der Waals surface area contributed by atoms with Crippen molar-refractivity contribution in [3.63, 3.8) is 0 Å². The van der Waals surface area contributed by atoms with Crippen molar-refractivity contribution in [2.24, 2.45) is 0 Å². The quantitative estimate of drug-likeness (QED) is 0.0169. The highest BCUT2D eigenvalue weighted by atomic mass is 31.2. The van der Waals surface area contributed by atoms with E-state index in [1.54, 1.807) is 0 Å². The molecule has 0 aromatic carbocycles. The van der Waals surface area contributed by atoms with Gasteiger partial charge in [0.25, 0.3) is 0 Å². The topological polar surface area (TPSA) is 237 Å². The smallest absolute Gasteiger partial charge is 0.462 e. The lowest BCUT2D eigenvalue weighted by Gasteiger charge is -2.21. The van der Waals surface area contributed by atoms with E-state index in [1.807, 2.05) is 0 Å². The third-order valence-corrected chi connectivity index (χ3v) is 17.9. The number of carbonyl (C=O) groups excluding carboxylic acids is 4. The summed E-state index contributed by atoms with van der Waals surface area (Å²) in [6.07, 6.45) is 74.0. The molecule has 0 spiro atoms. The van der Waals surface area contributed by atoms with Crippen LogP contribution in [0.25, 0.3) is 0 Å². The van der Waals surface area contributed by atoms with Gasteiger partial charge in [-0.05, 0) is 128 Å². The zero-order chi connectivity index (χ0) is 71.8. The molecular weight excluding hydrogens is 1280 g/mol. The molecule has 0 amide bonds. The number of carbonyl (C=O) groups is 4. The minimum Gasteiger partial charge on any atom is -0.462 e. The van der Waals surface area contributed by atoms with E-state index in [2.05, 4.69) is 125 Å². The number of aliphatic hydroxyl groups is 1. The number of unbranched alkanes of at least 4 members (excludes halogenated alkanes) is 30. The van der Waals surface area contributed by atoms with Crippen molar-refractivity contribution in [3.8, 4) is 0 Å². The zero-order valence-corrected chi connectivity index (χ0v) is 63.5. The van der Waals surface area contributed by atoms with Crippen LogP contribution in [0.5, 0.6) is 0 Å². The minimum atomic E-state index is -4.98. The van der Waals surface area contributed by atoms with Gasteiger partial charge in [-0.15, -0.1) is 0 Å². The summed E-state index contributed by atoms with van der Waals surface area (Å²) in [5.41, 5.74) is 0. The van der Waals surface area contributed by atoms with E-state index in [1.165, 1.54) is 83.5 Å². The van der Waals surface area contributed by atoms with Gasteiger partial charge in [0.05, 0.1) is 26.4 Å². The molecule has 5 atom stereocenters. The second-order valence-electron chi connectivity index (χ2n) is 25.6. The van der Waals surface area contributed by atoms with Crippen LogP contribution >= 0.6 is 15.6 Å². The van der Waals surface area contributed by atoms with E-state index < -0.39 is 97.5 Å². The molecule has 0 aliphatic heterocycles. The number of phosphoric acid groups is 2. The van der Waals surface area contributed by atoms with Crippen molar-refractivity contribution >= 4 is 39.5 Å². The van der Waals surface area contributed by atoms with Gasteiger partial charge in [-0.25, -0.2) is 9.13 Å². The predicted octanol–water partition coefficient (Wildman–Crippen LogP) is 22.0. The summed E-state index contributed by atoms with van der Waals surface area (Å²) in [6, 6.07) is 0. The Bertz CT molecular complexity index is 2240. The molecule has 98 heavy (non-hydrogen) atoms. The average molecular weight is 1420 g/mol. The van der Waals surface area contributed by atoms with Gasteiger partial charge in [-0.2, -0.15) is 0 Å². The molecule has 3 N–H and O–H groups in total. The summed E-state index contributed by atoms with van der Waals surface area (Å²) in [5, 5.41) is 10.6. The molecule has 0 saturated heterocycles. The lowest BCUT2D eigenvalue weighted by molar-refractivity contribution is -0.161. The summed E-state index contributed by atoms with van der Waals surface area (Å²) < 4.78 is 68.4. The van der Waals surface area contributed by atoms with Gasteiger partial charge in [-0.3, -0.25) is 37.3 Å². The average Bonchev–Trinajstić information content (AvgIpc) is 0.983. The van der Waals surface area contributed by atoms with Crippen LogP contribution in [0.4, 0.5) is 0 Å². The Morgan fingerprint density at radius 3 is 0.878 bits per heavy atom. The molecular formula is C79H138O17P2. The van der Waals surface area contributed by atoms with Crippen LogP contribution in [-0.4, -0.2) is 96.7 Å². The molecule has 0 aromatic rings. The highest BCUT2D eigenvalue weighted by Crippen LogP contribution is 2.45. The molecule has 0 heterocycles. The Labute approximate surface area is 595 Å². The molecule has 0 aliphatic rings. The molecule has 0 bridgehead atoms. The lowest BCUT2D eigenvalue weighted by atomic mass is 10.1. The highest BCUT2D eigenvalue weighted by Gasteiger charge is 2.30. The highest BCUT2D eigenvalue weighted by molar-refractivity contribution is 7.47. The van der Waals surface area contributed by atoms with Gasteiger partial charge in [-0.1, -0.05) is 266 Å². The lowest BCUT2D eigenvalue weighted by Crippen LogP contribution is -2.30. The van der Waals surface area contributed by atoms with Crippen LogP contribution in [0.1, 0.15) is 323 Å². The van der Waals surface area contributed by atoms with Gasteiger partial charge in [0, 0.05) is 25.7 Å². The monoisotopic (exact) mass is 1420 g/mol. The number of aliphatic hydroxyl groups excluding tert-OH is 1. The number of rotatable bonds is 72. The maximum atomic E-state index is 13.1. The Morgan fingerprint density at radius 1 is 0.296 bits per heavy atom. The fourth-order valence-corrected chi connectivity index (χ4v) is 11.7. The molecule has 0 rings (SSSR count). The largest absolute Gasteiger partial charge is 0.472 e. The molecule has 19 heteroatoms. The van der Waals surface area contributed by atoms with E-state index in [4.69, 9.17) is 37.0 Å². The van der Waals surface area contributed by atoms with Gasteiger partial charge >= 0.3 is 39.5 Å². The molecule has 0 saturated carbocycles. The van der Waals surface area contributed by atoms with Crippen molar-refractivity contribution in [1.29, 1.82) is 0 Å². The number of esters is 4. The maximum Gasteiger partial charge on any atom is 0.472 e. The zero-order valence-electron chi connectivity index (χ0n) is 61.7. The predicted molar refractivity (Wildman–Crippen MR) is 399 cm³/mol. The molecule has 566 valence electrons. The van der Waals surface area contributed by atoms with E-state index in [0.717, 1.165) is 161 Å². The SMILES string of the molecule is CC/C=C\C/C=C\C/C=C\C/C=C\CCCCC(=O)OCC(COP(=O)(O)OCC(O)COP(=O)(O)OCC(COC(=O)CCCCCCCC/C=C\C/C=C\C/C=C\CCCCC)OC(=O)CCCCCCCCCCCCC)OC(=O)CCCCCCC/C=C\CCCCCC. The standard InChI is InChI=1S/C79H138O17P2/c1-5-9-13-17-21-25-29-32-34-35-36-37-39-42-45-48-52-56-60-64-77(82)89-69-74(95-78(83)65-61-57-53-49-43-28-24-20-16-12-8-4)71-93-97(85,86)91-67-73(80)68-92-98(87,88)94-72-75(96-79(84)66-62-58-54-50-46-40-31-27-23-19-15-11-7-3)70-90-76(81)63-59-55-51-47-44-41-38-33-30-26-22-18-14-10-6-2/h10,14,21-22,25-27,31-34,36-38,44,47,73-75,80H,5-9,11-13,15-20,23-24,28-30,35,39-43,45-46,48-72H2,1-4H3,(H,85,86)(H,87,88)/b14-10-,25-21-,26-22-,31-27-,34-32-,37-36-,38-33-,47-44-. The van der Waals surface area contributed by atoms with Crippen LogP contribution in [-0.2, 0) is 65.4 Å². The fraction of sp³-hybridized carbons (Fsp3) is 0.747. The molecule has 0 aliphatic carbocycles. The summed E-state index contributed by atoms with van der Waals surface area (Å²) >= 11 is 0. The van der Waals surface area contributed by atoms with Gasteiger partial charge in [0.15, 0.2) is 12.2 Å². The van der Waals surface area contributed by atoms with Crippen molar-refractivity contribution in [2.75, 3.05) is 39.6 Å². The number of ether oxygens (including phenoxy) is 4. The fourth-order valence-electron chi connectivity index (χ4n) is 10.2. The number of hydrogen-bond donors (Lipinski definition) is 3. The van der Waals surface area contributed by atoms with Crippen molar-refractivity contribution in [2.45, 2.75) is 341 Å². The first-order valence-electron chi connectivity index (χ1n) is 38.5. The number of phosphoric ester groups is 2. The van der Waals surface area contributed by atoms with Crippen molar-refractivity contribution in [1.82, 2.24) is 0 Å². The van der Waals surface area contributed by atoms with Gasteiger partial charge in [0.1, 0.15) is 19.3 Å². The van der Waals surface area contributed by atoms with E-state index in [-0.39, 0.29) is 25.7 Å². The Morgan fingerprint density at radius 2 is 0.531 bits per heavy atom. The minimum absolute atomic E-state index is 0.0760. The molecule has 0 fully saturated rings. The first kappa shape index (κ1) is 94.0.